The molecule has 2 aliphatic carbocycles. The second-order valence-corrected chi connectivity index (χ2v) is 10.3. The van der Waals surface area contributed by atoms with E-state index in [1.165, 1.54) is 11.1 Å². The summed E-state index contributed by atoms with van der Waals surface area (Å²) in [4.78, 5) is 17.9. The maximum atomic E-state index is 13.1. The molecule has 4 nitrogen and oxygen atoms in total. The molecule has 4 rings (SSSR count). The number of ether oxygens (including phenoxy) is 1. The van der Waals surface area contributed by atoms with Gasteiger partial charge in [-0.25, -0.2) is 0 Å². The van der Waals surface area contributed by atoms with E-state index in [0.717, 1.165) is 42.7 Å². The van der Waals surface area contributed by atoms with E-state index in [1.807, 2.05) is 25.3 Å². The third-order valence-corrected chi connectivity index (χ3v) is 7.35. The van der Waals surface area contributed by atoms with Gasteiger partial charge in [0.05, 0.1) is 10.0 Å². The van der Waals surface area contributed by atoms with Crippen LogP contribution in [0.3, 0.4) is 0 Å². The summed E-state index contributed by atoms with van der Waals surface area (Å²) in [6.45, 7) is 4.56. The number of carbonyl (C=O) groups excluding carboxylic acids is 1. The topological polar surface area (TPSA) is 64.7 Å². The fourth-order valence-electron chi connectivity index (χ4n) is 4.61. The molecular weight excluding hydrogens is 491 g/mol. The molecule has 3 aliphatic rings. The smallest absolute Gasteiger partial charge is 0.164 e. The van der Waals surface area contributed by atoms with Gasteiger partial charge in [0.1, 0.15) is 11.9 Å². The monoisotopic (exact) mass is 522 g/mol. The first-order chi connectivity index (χ1) is 17.4. The number of hydrogen-bond donors (Lipinski definition) is 1. The average molecular weight is 524 g/mol. The molecule has 1 aliphatic heterocycles. The highest BCUT2D eigenvalue weighted by molar-refractivity contribution is 6.41. The third kappa shape index (κ3) is 6.36. The Balaban J connectivity index is 1.48. The summed E-state index contributed by atoms with van der Waals surface area (Å²) in [6, 6.07) is 5.32. The molecule has 2 atom stereocenters. The number of allylic oxidation sites excluding steroid dienone is 11. The predicted octanol–water partition coefficient (Wildman–Crippen LogP) is 7.55. The van der Waals surface area contributed by atoms with Gasteiger partial charge in [-0.3, -0.25) is 9.79 Å². The van der Waals surface area contributed by atoms with Gasteiger partial charge in [-0.1, -0.05) is 65.6 Å². The molecule has 1 heterocycles. The van der Waals surface area contributed by atoms with Crippen LogP contribution in [0.15, 0.2) is 87.8 Å². The quantitative estimate of drug-likeness (QED) is 0.401. The molecule has 0 radical (unpaired) electrons. The minimum absolute atomic E-state index is 0.00291. The average Bonchev–Trinajstić information content (AvgIpc) is 3.24. The van der Waals surface area contributed by atoms with E-state index in [-0.39, 0.29) is 17.8 Å². The van der Waals surface area contributed by atoms with Crippen molar-refractivity contribution in [2.24, 2.45) is 16.6 Å². The third-order valence-electron chi connectivity index (χ3n) is 6.72. The zero-order chi connectivity index (χ0) is 25.7. The Bertz CT molecular complexity index is 1230. The van der Waals surface area contributed by atoms with Crippen LogP contribution in [-0.2, 0) is 9.53 Å². The Morgan fingerprint density at radius 1 is 1.14 bits per heavy atom. The van der Waals surface area contributed by atoms with Crippen LogP contribution in [0.1, 0.15) is 51.5 Å². The first kappa shape index (κ1) is 26.4. The van der Waals surface area contributed by atoms with E-state index < -0.39 is 0 Å². The van der Waals surface area contributed by atoms with Gasteiger partial charge >= 0.3 is 0 Å². The molecule has 0 bridgehead atoms. The molecule has 1 aromatic carbocycles. The number of hydrogen-bond acceptors (Lipinski definition) is 4. The number of rotatable bonds is 7. The summed E-state index contributed by atoms with van der Waals surface area (Å²) in [5.74, 6) is 1.02. The van der Waals surface area contributed by atoms with E-state index in [4.69, 9.17) is 38.7 Å². The van der Waals surface area contributed by atoms with Crippen LogP contribution in [0, 0.1) is 5.92 Å². The summed E-state index contributed by atoms with van der Waals surface area (Å²) in [5, 5.41) is 0.960. The number of nitrogens with two attached hydrogens (primary N) is 1. The highest BCUT2D eigenvalue weighted by Gasteiger charge is 2.26. The lowest BCUT2D eigenvalue weighted by Gasteiger charge is -2.13. The lowest BCUT2D eigenvalue weighted by molar-refractivity contribution is -0.114. The predicted molar refractivity (Wildman–Crippen MR) is 150 cm³/mol. The highest BCUT2D eigenvalue weighted by atomic mass is 35.5. The van der Waals surface area contributed by atoms with Gasteiger partial charge in [0.15, 0.2) is 5.78 Å². The molecule has 0 saturated heterocycles. The van der Waals surface area contributed by atoms with Gasteiger partial charge in [-0.2, -0.15) is 0 Å². The van der Waals surface area contributed by atoms with Crippen molar-refractivity contribution in [3.05, 3.63) is 98.4 Å². The number of carbonyl (C=O) groups is 1. The molecule has 0 fully saturated rings. The fourth-order valence-corrected chi connectivity index (χ4v) is 5.21. The van der Waals surface area contributed by atoms with Gasteiger partial charge in [-0.05, 0) is 74.5 Å². The fraction of sp³-hybridized carbons (Fsp3) is 0.333. The van der Waals surface area contributed by atoms with Gasteiger partial charge in [0, 0.05) is 36.0 Å². The molecule has 36 heavy (non-hydrogen) atoms. The number of aliphatic imine (C=N–C) groups is 1. The Morgan fingerprint density at radius 2 is 1.92 bits per heavy atom. The Labute approximate surface area is 223 Å². The summed E-state index contributed by atoms with van der Waals surface area (Å²) < 4.78 is 5.85. The summed E-state index contributed by atoms with van der Waals surface area (Å²) in [6.07, 6.45) is 18.2. The van der Waals surface area contributed by atoms with Crippen LogP contribution in [0.4, 0.5) is 0 Å². The highest BCUT2D eigenvalue weighted by Crippen LogP contribution is 2.38. The van der Waals surface area contributed by atoms with Crippen molar-refractivity contribution in [2.45, 2.75) is 52.1 Å². The molecule has 0 spiro atoms. The molecule has 6 heteroatoms. The van der Waals surface area contributed by atoms with Crippen LogP contribution in [0.25, 0.3) is 5.57 Å². The number of nitrogens with zero attached hydrogens (tertiary/aromatic N) is 1. The number of Topliss-reactive ketones (excluding diaryl/α,β-unsaturated/α-hetero) is 1. The number of ketones is 1. The SMILES string of the molecule is CC1CC(=O)C(c2c(Cl)cccc2Cl)=CC2=C1CC=C(CCC1=CCC=C(O[C@H](C)CN)C=C1)N=C2. The maximum Gasteiger partial charge on any atom is 0.164 e. The first-order valence-corrected chi connectivity index (χ1v) is 13.2. The van der Waals surface area contributed by atoms with Crippen LogP contribution in [-0.4, -0.2) is 24.6 Å². The van der Waals surface area contributed by atoms with Gasteiger partial charge in [-0.15, -0.1) is 0 Å². The molecule has 0 amide bonds. The second kappa shape index (κ2) is 12.1. The minimum Gasteiger partial charge on any atom is -0.490 e. The van der Waals surface area contributed by atoms with E-state index >= 15 is 0 Å². The minimum atomic E-state index is -0.00291. The molecule has 0 saturated carbocycles. The van der Waals surface area contributed by atoms with Crippen LogP contribution >= 0.6 is 23.2 Å². The summed E-state index contributed by atoms with van der Waals surface area (Å²) in [7, 11) is 0. The van der Waals surface area contributed by atoms with Crippen molar-refractivity contribution < 1.29 is 9.53 Å². The van der Waals surface area contributed by atoms with Gasteiger partial charge < -0.3 is 10.5 Å². The molecule has 1 aromatic rings. The van der Waals surface area contributed by atoms with E-state index in [9.17, 15) is 4.79 Å². The zero-order valence-corrected chi connectivity index (χ0v) is 22.3. The Morgan fingerprint density at radius 3 is 2.67 bits per heavy atom. The van der Waals surface area contributed by atoms with E-state index in [0.29, 0.717) is 34.1 Å². The van der Waals surface area contributed by atoms with Gasteiger partial charge in [0.25, 0.3) is 0 Å². The van der Waals surface area contributed by atoms with Crippen LogP contribution in [0.5, 0.6) is 0 Å². The van der Waals surface area contributed by atoms with Crippen molar-refractivity contribution in [1.82, 2.24) is 0 Å². The normalized spacial score (nSPS) is 20.9. The summed E-state index contributed by atoms with van der Waals surface area (Å²) >= 11 is 12.9. The van der Waals surface area contributed by atoms with E-state index in [2.05, 4.69) is 31.2 Å². The maximum absolute atomic E-state index is 13.1. The van der Waals surface area contributed by atoms with Crippen LogP contribution in [0.2, 0.25) is 10.0 Å². The standard InChI is InChI=1S/C30H32Cl2N2O2/c1-19-15-29(35)26(30-27(31)7-4-8-28(30)32)16-22-18-34-23(12-14-25(19)22)11-9-21-5-3-6-24(13-10-21)36-20(2)17-33/h4-8,10,12-13,16,18-20H,3,9,11,14-15,17,33H2,1-2H3/t19?,20-/m1/s1. The number of benzene rings is 1. The Hall–Kier alpha value is -2.66. The van der Waals surface area contributed by atoms with E-state index in [1.54, 1.807) is 18.2 Å². The lowest BCUT2D eigenvalue weighted by atomic mass is 9.90. The van der Waals surface area contributed by atoms with Crippen molar-refractivity contribution in [3.8, 4) is 0 Å². The van der Waals surface area contributed by atoms with Crippen molar-refractivity contribution in [2.75, 3.05) is 6.54 Å². The molecule has 188 valence electrons. The van der Waals surface area contributed by atoms with Crippen molar-refractivity contribution in [1.29, 1.82) is 0 Å². The summed E-state index contributed by atoms with van der Waals surface area (Å²) in [5.41, 5.74) is 11.3. The van der Waals surface area contributed by atoms with Crippen LogP contribution < -0.4 is 5.73 Å². The molecule has 1 unspecified atom stereocenters. The van der Waals surface area contributed by atoms with Gasteiger partial charge in [0.2, 0.25) is 0 Å². The zero-order valence-electron chi connectivity index (χ0n) is 20.8. The largest absolute Gasteiger partial charge is 0.490 e. The molecule has 0 aromatic heterocycles. The first-order valence-electron chi connectivity index (χ1n) is 12.4. The Kier molecular flexibility index (Phi) is 8.84. The molecule has 2 N–H and O–H groups in total. The molecular formula is C30H32Cl2N2O2. The lowest BCUT2D eigenvalue weighted by Crippen LogP contribution is -2.19. The second-order valence-electron chi connectivity index (χ2n) is 9.44. The van der Waals surface area contributed by atoms with Crippen molar-refractivity contribution in [3.63, 3.8) is 0 Å². The van der Waals surface area contributed by atoms with Crippen molar-refractivity contribution >= 4 is 40.8 Å². The number of halogens is 2.